The van der Waals surface area contributed by atoms with E-state index in [2.05, 4.69) is 24.1 Å². The van der Waals surface area contributed by atoms with Crippen molar-refractivity contribution in [3.8, 4) is 0 Å². The Morgan fingerprint density at radius 1 is 1.50 bits per heavy atom. The number of hydrogen-bond acceptors (Lipinski definition) is 3. The van der Waals surface area contributed by atoms with E-state index in [4.69, 9.17) is 5.11 Å². The molecule has 1 aromatic heterocycles. The van der Waals surface area contributed by atoms with Gasteiger partial charge in [-0.1, -0.05) is 13.8 Å². The standard InChI is InChI=1S/C12H19FN2O/c1-12(2,5-3-7-16)9-15-10-4-6-14-11(13)8-10/h4,6,8,16H,3,5,7,9H2,1-2H3,(H,14,15). The minimum absolute atomic E-state index is 0.0858. The molecule has 0 bridgehead atoms. The van der Waals surface area contributed by atoms with E-state index in [1.54, 1.807) is 6.07 Å². The molecule has 0 aliphatic carbocycles. The van der Waals surface area contributed by atoms with Gasteiger partial charge in [0, 0.05) is 31.1 Å². The number of aliphatic hydroxyl groups is 1. The van der Waals surface area contributed by atoms with Crippen LogP contribution in [0.15, 0.2) is 18.3 Å². The minimum atomic E-state index is -0.474. The number of pyridine rings is 1. The zero-order valence-electron chi connectivity index (χ0n) is 9.83. The van der Waals surface area contributed by atoms with Crippen molar-refractivity contribution in [2.75, 3.05) is 18.5 Å². The Bertz CT molecular complexity index is 329. The lowest BCUT2D eigenvalue weighted by atomic mass is 9.88. The van der Waals surface area contributed by atoms with Crippen LogP contribution >= 0.6 is 0 Å². The fraction of sp³-hybridized carbons (Fsp3) is 0.583. The summed E-state index contributed by atoms with van der Waals surface area (Å²) in [5.41, 5.74) is 0.826. The van der Waals surface area contributed by atoms with E-state index in [0.29, 0.717) is 0 Å². The number of halogens is 1. The summed E-state index contributed by atoms with van der Waals surface area (Å²) in [5.74, 6) is -0.474. The highest BCUT2D eigenvalue weighted by molar-refractivity contribution is 5.41. The van der Waals surface area contributed by atoms with Crippen LogP contribution in [0, 0.1) is 11.4 Å². The zero-order valence-corrected chi connectivity index (χ0v) is 9.83. The Labute approximate surface area is 95.7 Å². The first-order valence-electron chi connectivity index (χ1n) is 5.50. The lowest BCUT2D eigenvalue weighted by Gasteiger charge is -2.25. The van der Waals surface area contributed by atoms with Gasteiger partial charge in [0.15, 0.2) is 0 Å². The average Bonchev–Trinajstić information content (AvgIpc) is 2.24. The largest absolute Gasteiger partial charge is 0.396 e. The van der Waals surface area contributed by atoms with Crippen LogP contribution in [0.2, 0.25) is 0 Å². The molecule has 0 saturated heterocycles. The molecule has 1 rings (SSSR count). The molecular formula is C12H19FN2O. The second-order valence-electron chi connectivity index (χ2n) is 4.71. The summed E-state index contributed by atoms with van der Waals surface area (Å²) >= 11 is 0. The molecule has 3 nitrogen and oxygen atoms in total. The van der Waals surface area contributed by atoms with Crippen molar-refractivity contribution in [2.24, 2.45) is 5.41 Å². The number of hydrogen-bond donors (Lipinski definition) is 2. The molecule has 90 valence electrons. The summed E-state index contributed by atoms with van der Waals surface area (Å²) in [6.07, 6.45) is 3.17. The monoisotopic (exact) mass is 226 g/mol. The summed E-state index contributed by atoms with van der Waals surface area (Å²) < 4.78 is 12.8. The minimum Gasteiger partial charge on any atom is -0.396 e. The van der Waals surface area contributed by atoms with Crippen LogP contribution in [-0.4, -0.2) is 23.2 Å². The molecule has 0 spiro atoms. The quantitative estimate of drug-likeness (QED) is 0.732. The molecular weight excluding hydrogens is 207 g/mol. The molecule has 0 atom stereocenters. The van der Waals surface area contributed by atoms with Gasteiger partial charge in [-0.2, -0.15) is 4.39 Å². The van der Waals surface area contributed by atoms with E-state index in [1.807, 2.05) is 0 Å². The third kappa shape index (κ3) is 4.57. The van der Waals surface area contributed by atoms with Crippen LogP contribution in [0.4, 0.5) is 10.1 Å². The molecule has 0 aromatic carbocycles. The second-order valence-corrected chi connectivity index (χ2v) is 4.71. The summed E-state index contributed by atoms with van der Waals surface area (Å²) in [6.45, 7) is 5.20. The van der Waals surface area contributed by atoms with Crippen LogP contribution < -0.4 is 5.32 Å². The van der Waals surface area contributed by atoms with Crippen molar-refractivity contribution in [1.82, 2.24) is 4.98 Å². The summed E-state index contributed by atoms with van der Waals surface area (Å²) in [6, 6.07) is 3.12. The van der Waals surface area contributed by atoms with Crippen molar-refractivity contribution in [2.45, 2.75) is 26.7 Å². The summed E-state index contributed by atoms with van der Waals surface area (Å²) in [4.78, 5) is 3.49. The SMILES string of the molecule is CC(C)(CCCO)CNc1ccnc(F)c1. The van der Waals surface area contributed by atoms with Crippen molar-refractivity contribution >= 4 is 5.69 Å². The second kappa shape index (κ2) is 5.80. The Kier molecular flexibility index (Phi) is 4.68. The van der Waals surface area contributed by atoms with Crippen LogP contribution in [0.25, 0.3) is 0 Å². The molecule has 4 heteroatoms. The number of rotatable bonds is 6. The molecule has 1 aromatic rings. The normalized spacial score (nSPS) is 11.5. The first-order valence-corrected chi connectivity index (χ1v) is 5.50. The summed E-state index contributed by atoms with van der Waals surface area (Å²) in [5, 5.41) is 11.9. The van der Waals surface area contributed by atoms with Gasteiger partial charge in [-0.15, -0.1) is 0 Å². The molecule has 0 aliphatic rings. The average molecular weight is 226 g/mol. The molecule has 1 heterocycles. The maximum Gasteiger partial charge on any atom is 0.214 e. The van der Waals surface area contributed by atoms with Crippen LogP contribution in [0.3, 0.4) is 0 Å². The van der Waals surface area contributed by atoms with Gasteiger partial charge >= 0.3 is 0 Å². The van der Waals surface area contributed by atoms with Gasteiger partial charge in [0.1, 0.15) is 0 Å². The number of aromatic nitrogens is 1. The van der Waals surface area contributed by atoms with E-state index in [9.17, 15) is 4.39 Å². The lowest BCUT2D eigenvalue weighted by Crippen LogP contribution is -2.23. The van der Waals surface area contributed by atoms with Crippen LogP contribution in [-0.2, 0) is 0 Å². The molecule has 0 saturated carbocycles. The van der Waals surface area contributed by atoms with Gasteiger partial charge < -0.3 is 10.4 Å². The smallest absolute Gasteiger partial charge is 0.214 e. The van der Waals surface area contributed by atoms with Gasteiger partial charge in [-0.05, 0) is 24.3 Å². The molecule has 0 fully saturated rings. The van der Waals surface area contributed by atoms with Crippen molar-refractivity contribution < 1.29 is 9.50 Å². The third-order valence-electron chi connectivity index (χ3n) is 2.51. The van der Waals surface area contributed by atoms with Gasteiger partial charge in [0.05, 0.1) is 0 Å². The highest BCUT2D eigenvalue weighted by atomic mass is 19.1. The number of nitrogens with one attached hydrogen (secondary N) is 1. The van der Waals surface area contributed by atoms with Gasteiger partial charge in [0.25, 0.3) is 0 Å². The maximum absolute atomic E-state index is 12.8. The molecule has 0 amide bonds. The third-order valence-corrected chi connectivity index (χ3v) is 2.51. The van der Waals surface area contributed by atoms with Crippen LogP contribution in [0.1, 0.15) is 26.7 Å². The zero-order chi connectivity index (χ0) is 12.0. The summed E-state index contributed by atoms with van der Waals surface area (Å²) in [7, 11) is 0. The first-order chi connectivity index (χ1) is 7.53. The highest BCUT2D eigenvalue weighted by Crippen LogP contribution is 2.22. The highest BCUT2D eigenvalue weighted by Gasteiger charge is 2.16. The Morgan fingerprint density at radius 3 is 2.88 bits per heavy atom. The molecule has 0 radical (unpaired) electrons. The molecule has 16 heavy (non-hydrogen) atoms. The van der Waals surface area contributed by atoms with Gasteiger partial charge in [-0.25, -0.2) is 4.98 Å². The topological polar surface area (TPSA) is 45.1 Å². The van der Waals surface area contributed by atoms with E-state index < -0.39 is 5.95 Å². The first kappa shape index (κ1) is 12.9. The molecule has 0 unspecified atom stereocenters. The number of anilines is 1. The Hall–Kier alpha value is -1.16. The maximum atomic E-state index is 12.8. The van der Waals surface area contributed by atoms with E-state index >= 15 is 0 Å². The fourth-order valence-corrected chi connectivity index (χ4v) is 1.50. The van der Waals surface area contributed by atoms with Crippen molar-refractivity contribution in [3.05, 3.63) is 24.3 Å². The fourth-order valence-electron chi connectivity index (χ4n) is 1.50. The van der Waals surface area contributed by atoms with E-state index in [0.717, 1.165) is 25.1 Å². The molecule has 0 aliphatic heterocycles. The molecule has 2 N–H and O–H groups in total. The Balaban J connectivity index is 2.44. The van der Waals surface area contributed by atoms with Crippen LogP contribution in [0.5, 0.6) is 0 Å². The predicted octanol–water partition coefficient (Wildman–Crippen LogP) is 2.43. The number of nitrogens with zero attached hydrogens (tertiary/aromatic N) is 1. The lowest BCUT2D eigenvalue weighted by molar-refractivity contribution is 0.248. The predicted molar refractivity (Wildman–Crippen MR) is 62.8 cm³/mol. The van der Waals surface area contributed by atoms with Crippen molar-refractivity contribution in [1.29, 1.82) is 0 Å². The number of aliphatic hydroxyl groups excluding tert-OH is 1. The van der Waals surface area contributed by atoms with E-state index in [-0.39, 0.29) is 12.0 Å². The van der Waals surface area contributed by atoms with Crippen molar-refractivity contribution in [3.63, 3.8) is 0 Å². The van der Waals surface area contributed by atoms with Gasteiger partial charge in [0.2, 0.25) is 5.95 Å². The van der Waals surface area contributed by atoms with E-state index in [1.165, 1.54) is 12.3 Å². The Morgan fingerprint density at radius 2 is 2.25 bits per heavy atom. The van der Waals surface area contributed by atoms with Gasteiger partial charge in [-0.3, -0.25) is 0 Å².